The molecular formula is C17H15Cl3N2O. The number of nitrogens with one attached hydrogen (secondary N) is 1. The van der Waals surface area contributed by atoms with Crippen LogP contribution in [-0.4, -0.2) is 24.7 Å². The molecule has 0 fully saturated rings. The average molecular weight is 370 g/mol. The number of aliphatic imine (C=N–C) groups is 1. The van der Waals surface area contributed by atoms with Gasteiger partial charge in [0.05, 0.1) is 22.5 Å². The van der Waals surface area contributed by atoms with Gasteiger partial charge in [0.2, 0.25) is 0 Å². The van der Waals surface area contributed by atoms with Crippen LogP contribution in [0.25, 0.3) is 0 Å². The van der Waals surface area contributed by atoms with Gasteiger partial charge in [0.15, 0.2) is 5.78 Å². The molecule has 3 nitrogen and oxygen atoms in total. The quantitative estimate of drug-likeness (QED) is 0.821. The molecule has 0 aromatic heterocycles. The van der Waals surface area contributed by atoms with E-state index in [2.05, 4.69) is 10.3 Å². The van der Waals surface area contributed by atoms with E-state index in [0.717, 1.165) is 11.4 Å². The van der Waals surface area contributed by atoms with Gasteiger partial charge in [-0.1, -0.05) is 53.5 Å². The van der Waals surface area contributed by atoms with E-state index in [1.54, 1.807) is 18.2 Å². The average Bonchev–Trinajstić information content (AvgIpc) is 2.58. The Morgan fingerprint density at radius 1 is 1.09 bits per heavy atom. The van der Waals surface area contributed by atoms with Crippen LogP contribution in [0, 0.1) is 5.92 Å². The van der Waals surface area contributed by atoms with Gasteiger partial charge in [-0.25, -0.2) is 0 Å². The lowest BCUT2D eigenvalue weighted by Crippen LogP contribution is -2.39. The molecule has 1 N–H and O–H groups in total. The minimum absolute atomic E-state index is 0. The molecule has 0 saturated carbocycles. The second-order valence-corrected chi connectivity index (χ2v) is 5.94. The maximum absolute atomic E-state index is 12.5. The molecule has 23 heavy (non-hydrogen) atoms. The van der Waals surface area contributed by atoms with Crippen molar-refractivity contribution in [2.45, 2.75) is 0 Å². The Hall–Kier alpha value is -1.55. The number of Topliss-reactive ketones (excluding diaryl/α,β-unsaturated/α-hetero) is 1. The third-order valence-corrected chi connectivity index (χ3v) is 4.35. The van der Waals surface area contributed by atoms with E-state index in [9.17, 15) is 4.79 Å². The molecule has 2 aromatic rings. The largest absolute Gasteiger partial charge is 0.369 e. The van der Waals surface area contributed by atoms with Gasteiger partial charge < -0.3 is 5.32 Å². The van der Waals surface area contributed by atoms with Crippen LogP contribution in [0.2, 0.25) is 10.0 Å². The zero-order valence-corrected chi connectivity index (χ0v) is 14.5. The topological polar surface area (TPSA) is 41.5 Å². The summed E-state index contributed by atoms with van der Waals surface area (Å²) in [5, 5.41) is 4.07. The fourth-order valence-corrected chi connectivity index (χ4v) is 2.69. The van der Waals surface area contributed by atoms with Gasteiger partial charge in [-0.2, -0.15) is 0 Å². The minimum Gasteiger partial charge on any atom is -0.369 e. The Morgan fingerprint density at radius 3 is 2.43 bits per heavy atom. The molecule has 1 atom stereocenters. The lowest BCUT2D eigenvalue weighted by molar-refractivity contribution is 0.0924. The third-order valence-electron chi connectivity index (χ3n) is 3.61. The van der Waals surface area contributed by atoms with Crippen LogP contribution in [0.1, 0.15) is 15.9 Å². The fraction of sp³-hybridized carbons (Fsp3) is 0.176. The summed E-state index contributed by atoms with van der Waals surface area (Å²) in [6, 6.07) is 14.8. The highest BCUT2D eigenvalue weighted by molar-refractivity contribution is 6.42. The Kier molecular flexibility index (Phi) is 6.05. The molecular weight excluding hydrogens is 355 g/mol. The van der Waals surface area contributed by atoms with Crippen molar-refractivity contribution in [3.05, 3.63) is 69.7 Å². The van der Waals surface area contributed by atoms with Crippen LogP contribution < -0.4 is 5.32 Å². The van der Waals surface area contributed by atoms with Gasteiger partial charge >= 0.3 is 0 Å². The van der Waals surface area contributed by atoms with Crippen molar-refractivity contribution < 1.29 is 4.79 Å². The first-order chi connectivity index (χ1) is 10.6. The second kappa shape index (κ2) is 7.82. The third kappa shape index (κ3) is 4.05. The van der Waals surface area contributed by atoms with E-state index in [4.69, 9.17) is 23.2 Å². The highest BCUT2D eigenvalue weighted by Crippen LogP contribution is 2.24. The molecule has 1 heterocycles. The Labute approximate surface area is 151 Å². The molecule has 1 aliphatic rings. The van der Waals surface area contributed by atoms with Gasteiger partial charge in [0, 0.05) is 17.7 Å². The number of hydrogen-bond donors (Lipinski definition) is 1. The Bertz CT molecular complexity index is 732. The molecule has 1 aliphatic heterocycles. The van der Waals surface area contributed by atoms with E-state index < -0.39 is 0 Å². The molecule has 120 valence electrons. The maximum Gasteiger partial charge on any atom is 0.169 e. The molecule has 0 aliphatic carbocycles. The number of carbonyl (C=O) groups is 1. The summed E-state index contributed by atoms with van der Waals surface area (Å²) in [6.07, 6.45) is 0. The molecule has 0 bridgehead atoms. The molecule has 0 amide bonds. The van der Waals surface area contributed by atoms with Crippen LogP contribution in [0.5, 0.6) is 0 Å². The van der Waals surface area contributed by atoms with Crippen molar-refractivity contribution in [1.29, 1.82) is 0 Å². The van der Waals surface area contributed by atoms with Crippen LogP contribution >= 0.6 is 35.6 Å². The van der Waals surface area contributed by atoms with Crippen LogP contribution in [0.3, 0.4) is 0 Å². The first-order valence-electron chi connectivity index (χ1n) is 6.98. The summed E-state index contributed by atoms with van der Waals surface area (Å²) in [5.41, 5.74) is 1.60. The number of benzene rings is 2. The van der Waals surface area contributed by atoms with Crippen molar-refractivity contribution >= 4 is 47.2 Å². The Balaban J connectivity index is 0.00000192. The first kappa shape index (κ1) is 17.8. The second-order valence-electron chi connectivity index (χ2n) is 5.13. The molecule has 2 aromatic carbocycles. The number of nitrogens with zero attached hydrogens (tertiary/aromatic N) is 1. The predicted molar refractivity (Wildman–Crippen MR) is 97.4 cm³/mol. The van der Waals surface area contributed by atoms with E-state index >= 15 is 0 Å². The number of amidine groups is 1. The number of carbonyl (C=O) groups excluding carboxylic acids is 1. The van der Waals surface area contributed by atoms with Gasteiger partial charge in [-0.3, -0.25) is 9.79 Å². The van der Waals surface area contributed by atoms with Crippen LogP contribution in [-0.2, 0) is 0 Å². The SMILES string of the molecule is Cl.O=C(c1ccc(Cl)c(Cl)c1)C1CN=C(c2ccccc2)NC1. The number of hydrogen-bond acceptors (Lipinski definition) is 3. The lowest BCUT2D eigenvalue weighted by Gasteiger charge is -2.22. The summed E-state index contributed by atoms with van der Waals surface area (Å²) in [5.74, 6) is 0.672. The van der Waals surface area contributed by atoms with Gasteiger partial charge in [-0.05, 0) is 18.2 Å². The maximum atomic E-state index is 12.5. The number of halogens is 3. The van der Waals surface area contributed by atoms with Crippen molar-refractivity contribution in [1.82, 2.24) is 5.32 Å². The molecule has 0 spiro atoms. The van der Waals surface area contributed by atoms with Gasteiger partial charge in [0.1, 0.15) is 5.84 Å². The summed E-state index contributed by atoms with van der Waals surface area (Å²) in [7, 11) is 0. The van der Waals surface area contributed by atoms with Crippen molar-refractivity contribution in [3.8, 4) is 0 Å². The van der Waals surface area contributed by atoms with Gasteiger partial charge in [0.25, 0.3) is 0 Å². The highest BCUT2D eigenvalue weighted by atomic mass is 35.5. The molecule has 0 saturated heterocycles. The monoisotopic (exact) mass is 368 g/mol. The molecule has 6 heteroatoms. The fourth-order valence-electron chi connectivity index (χ4n) is 2.39. The molecule has 0 radical (unpaired) electrons. The standard InChI is InChI=1S/C17H14Cl2N2O.ClH/c18-14-7-6-12(8-15(14)19)16(22)13-9-20-17(21-10-13)11-4-2-1-3-5-11;/h1-8,13H,9-10H2,(H,20,21);1H. The van der Waals surface area contributed by atoms with E-state index in [1.807, 2.05) is 30.3 Å². The van der Waals surface area contributed by atoms with Crippen LogP contribution in [0.4, 0.5) is 0 Å². The minimum atomic E-state index is -0.190. The molecule has 1 unspecified atom stereocenters. The van der Waals surface area contributed by atoms with Gasteiger partial charge in [-0.15, -0.1) is 12.4 Å². The van der Waals surface area contributed by atoms with Crippen molar-refractivity contribution in [2.75, 3.05) is 13.1 Å². The lowest BCUT2D eigenvalue weighted by atomic mass is 9.96. The van der Waals surface area contributed by atoms with E-state index in [0.29, 0.717) is 28.7 Å². The zero-order valence-electron chi connectivity index (χ0n) is 12.1. The zero-order chi connectivity index (χ0) is 15.5. The normalized spacial score (nSPS) is 16.8. The van der Waals surface area contributed by atoms with E-state index in [-0.39, 0.29) is 24.1 Å². The summed E-state index contributed by atoms with van der Waals surface area (Å²) in [6.45, 7) is 1.03. The molecule has 3 rings (SSSR count). The Morgan fingerprint density at radius 2 is 1.83 bits per heavy atom. The summed E-state index contributed by atoms with van der Waals surface area (Å²) >= 11 is 11.9. The smallest absolute Gasteiger partial charge is 0.169 e. The number of rotatable bonds is 3. The van der Waals surface area contributed by atoms with Crippen LogP contribution in [0.15, 0.2) is 53.5 Å². The highest BCUT2D eigenvalue weighted by Gasteiger charge is 2.24. The first-order valence-corrected chi connectivity index (χ1v) is 7.74. The number of ketones is 1. The van der Waals surface area contributed by atoms with Crippen molar-refractivity contribution in [3.63, 3.8) is 0 Å². The predicted octanol–water partition coefficient (Wildman–Crippen LogP) is 4.26. The van der Waals surface area contributed by atoms with Crippen molar-refractivity contribution in [2.24, 2.45) is 10.9 Å². The summed E-state index contributed by atoms with van der Waals surface area (Å²) < 4.78 is 0. The van der Waals surface area contributed by atoms with E-state index in [1.165, 1.54) is 0 Å². The summed E-state index contributed by atoms with van der Waals surface area (Å²) in [4.78, 5) is 17.0.